The molecule has 1 nitrogen and oxygen atoms in total. The average molecular weight is 349 g/mol. The van der Waals surface area contributed by atoms with Gasteiger partial charge in [-0.3, -0.25) is 4.79 Å². The molecule has 0 bridgehead atoms. The van der Waals surface area contributed by atoms with E-state index in [1.165, 1.54) is 54.4 Å². The lowest BCUT2D eigenvalue weighted by Crippen LogP contribution is -2.23. The first-order valence-corrected chi connectivity index (χ1v) is 10.4. The summed E-state index contributed by atoms with van der Waals surface area (Å²) < 4.78 is 0. The number of ketones is 1. The van der Waals surface area contributed by atoms with Crippen molar-refractivity contribution in [2.45, 2.75) is 71.1 Å². The van der Waals surface area contributed by atoms with Crippen LogP contribution >= 0.6 is 0 Å². The lowest BCUT2D eigenvalue weighted by Gasteiger charge is -2.27. The van der Waals surface area contributed by atoms with Crippen LogP contribution in [0.4, 0.5) is 0 Å². The zero-order valence-electron chi connectivity index (χ0n) is 16.3. The fourth-order valence-electron chi connectivity index (χ4n) is 4.14. The van der Waals surface area contributed by atoms with E-state index in [2.05, 4.69) is 62.4 Å². The highest BCUT2D eigenvalue weighted by molar-refractivity contribution is 5.86. The molecule has 1 aliphatic rings. The van der Waals surface area contributed by atoms with E-state index in [0.29, 0.717) is 11.7 Å². The van der Waals surface area contributed by atoms with E-state index in [-0.39, 0.29) is 5.92 Å². The lowest BCUT2D eigenvalue weighted by molar-refractivity contribution is -0.123. The first-order valence-electron chi connectivity index (χ1n) is 10.4. The first-order chi connectivity index (χ1) is 12.7. The van der Waals surface area contributed by atoms with Gasteiger partial charge in [0.2, 0.25) is 0 Å². The molecule has 0 amide bonds. The molecule has 3 rings (SSSR count). The number of carbonyl (C=O) groups excluding carboxylic acids is 1. The van der Waals surface area contributed by atoms with Crippen molar-refractivity contribution in [3.05, 3.63) is 59.7 Å². The van der Waals surface area contributed by atoms with Gasteiger partial charge in [0.15, 0.2) is 0 Å². The summed E-state index contributed by atoms with van der Waals surface area (Å²) in [6, 6.07) is 17.7. The molecule has 2 aromatic carbocycles. The van der Waals surface area contributed by atoms with Crippen molar-refractivity contribution in [1.82, 2.24) is 0 Å². The molecule has 138 valence electrons. The van der Waals surface area contributed by atoms with Gasteiger partial charge in [-0.25, -0.2) is 0 Å². The molecular weight excluding hydrogens is 316 g/mol. The molecule has 0 radical (unpaired) electrons. The summed E-state index contributed by atoms with van der Waals surface area (Å²) in [5.74, 6) is 1.16. The van der Waals surface area contributed by atoms with E-state index in [9.17, 15) is 4.79 Å². The predicted molar refractivity (Wildman–Crippen MR) is 110 cm³/mol. The van der Waals surface area contributed by atoms with Crippen LogP contribution in [0.1, 0.15) is 75.8 Å². The molecule has 0 N–H and O–H groups in total. The molecule has 1 heteroatoms. The van der Waals surface area contributed by atoms with Gasteiger partial charge in [0.25, 0.3) is 0 Å². The molecule has 26 heavy (non-hydrogen) atoms. The van der Waals surface area contributed by atoms with Gasteiger partial charge >= 0.3 is 0 Å². The fraction of sp³-hybridized carbons (Fsp3) is 0.480. The van der Waals surface area contributed by atoms with Gasteiger partial charge < -0.3 is 0 Å². The number of unbranched alkanes of at least 4 members (excludes halogenated alkanes) is 2. The zero-order chi connectivity index (χ0) is 18.4. The van der Waals surface area contributed by atoms with E-state index in [0.717, 1.165) is 19.3 Å². The topological polar surface area (TPSA) is 17.1 Å². The van der Waals surface area contributed by atoms with Gasteiger partial charge in [-0.05, 0) is 53.9 Å². The molecule has 0 unspecified atom stereocenters. The van der Waals surface area contributed by atoms with E-state index < -0.39 is 0 Å². The number of carbonyl (C=O) groups is 1. The van der Waals surface area contributed by atoms with Crippen molar-refractivity contribution in [3.8, 4) is 11.1 Å². The summed E-state index contributed by atoms with van der Waals surface area (Å²) >= 11 is 0. The molecule has 1 aliphatic carbocycles. The maximum atomic E-state index is 12.5. The number of hydrogen-bond donors (Lipinski definition) is 0. The van der Waals surface area contributed by atoms with Crippen LogP contribution in [-0.2, 0) is 11.2 Å². The molecule has 2 atom stereocenters. The summed E-state index contributed by atoms with van der Waals surface area (Å²) in [6.45, 7) is 4.44. The molecular formula is C25H32O. The lowest BCUT2D eigenvalue weighted by atomic mass is 9.77. The van der Waals surface area contributed by atoms with Crippen LogP contribution in [0.25, 0.3) is 11.1 Å². The Hall–Kier alpha value is -1.89. The summed E-state index contributed by atoms with van der Waals surface area (Å²) in [4.78, 5) is 12.5. The van der Waals surface area contributed by atoms with Gasteiger partial charge in [0.1, 0.15) is 5.78 Å². The Morgan fingerprint density at radius 1 is 0.846 bits per heavy atom. The Morgan fingerprint density at radius 3 is 2.08 bits per heavy atom. The van der Waals surface area contributed by atoms with Crippen molar-refractivity contribution in [1.29, 1.82) is 0 Å². The van der Waals surface area contributed by atoms with Crippen LogP contribution in [0.2, 0.25) is 0 Å². The van der Waals surface area contributed by atoms with E-state index in [4.69, 9.17) is 0 Å². The van der Waals surface area contributed by atoms with Crippen molar-refractivity contribution in [2.24, 2.45) is 5.92 Å². The number of benzene rings is 2. The largest absolute Gasteiger partial charge is 0.299 e. The number of aryl methyl sites for hydroxylation is 1. The Kier molecular flexibility index (Phi) is 6.66. The van der Waals surface area contributed by atoms with Crippen LogP contribution in [0, 0.1) is 5.92 Å². The highest BCUT2D eigenvalue weighted by Crippen LogP contribution is 2.35. The minimum Gasteiger partial charge on any atom is -0.299 e. The van der Waals surface area contributed by atoms with Gasteiger partial charge in [0.05, 0.1) is 0 Å². The molecule has 1 fully saturated rings. The SMILES string of the molecule is CCCCCc1ccc(-c2ccc([C@H]3CC[C@H](CC)CC3=O)cc2)cc1. The summed E-state index contributed by atoms with van der Waals surface area (Å²) in [7, 11) is 0. The average Bonchev–Trinajstić information content (AvgIpc) is 2.69. The summed E-state index contributed by atoms with van der Waals surface area (Å²) in [5, 5.41) is 0. The van der Waals surface area contributed by atoms with Crippen molar-refractivity contribution >= 4 is 5.78 Å². The Balaban J connectivity index is 1.65. The molecule has 2 aromatic rings. The third-order valence-electron chi connectivity index (χ3n) is 5.99. The van der Waals surface area contributed by atoms with Gasteiger partial charge in [0, 0.05) is 12.3 Å². The molecule has 0 heterocycles. The van der Waals surface area contributed by atoms with Crippen molar-refractivity contribution in [2.75, 3.05) is 0 Å². The van der Waals surface area contributed by atoms with E-state index in [1.54, 1.807) is 0 Å². The standard InChI is InChI=1S/C25H32O/c1-3-5-6-7-20-8-11-21(12-9-20)22-13-15-23(16-14-22)24-17-10-19(4-2)18-25(24)26/h8-9,11-16,19,24H,3-7,10,17-18H2,1-2H3/t19-,24+/m0/s1. The third-order valence-corrected chi connectivity index (χ3v) is 5.99. The van der Waals surface area contributed by atoms with E-state index >= 15 is 0 Å². The summed E-state index contributed by atoms with van der Waals surface area (Å²) in [5.41, 5.74) is 5.13. The minimum atomic E-state index is 0.118. The first kappa shape index (κ1) is 18.9. The van der Waals surface area contributed by atoms with Gasteiger partial charge in [-0.15, -0.1) is 0 Å². The van der Waals surface area contributed by atoms with Crippen LogP contribution in [0.15, 0.2) is 48.5 Å². The van der Waals surface area contributed by atoms with Crippen molar-refractivity contribution in [3.63, 3.8) is 0 Å². The molecule has 1 saturated carbocycles. The van der Waals surface area contributed by atoms with Crippen LogP contribution < -0.4 is 0 Å². The minimum absolute atomic E-state index is 0.118. The van der Waals surface area contributed by atoms with Gasteiger partial charge in [-0.1, -0.05) is 81.6 Å². The van der Waals surface area contributed by atoms with Gasteiger partial charge in [-0.2, -0.15) is 0 Å². The highest BCUT2D eigenvalue weighted by Gasteiger charge is 2.28. The maximum absolute atomic E-state index is 12.5. The second-order valence-electron chi connectivity index (χ2n) is 7.85. The van der Waals surface area contributed by atoms with E-state index in [1.807, 2.05) is 0 Å². The number of hydrogen-bond acceptors (Lipinski definition) is 1. The quantitative estimate of drug-likeness (QED) is 0.495. The Morgan fingerprint density at radius 2 is 1.50 bits per heavy atom. The Bertz CT molecular complexity index is 696. The number of Topliss-reactive ketones (excluding diaryl/α,β-unsaturated/α-hetero) is 1. The highest BCUT2D eigenvalue weighted by atomic mass is 16.1. The maximum Gasteiger partial charge on any atom is 0.140 e. The fourth-order valence-corrected chi connectivity index (χ4v) is 4.14. The smallest absolute Gasteiger partial charge is 0.140 e. The monoisotopic (exact) mass is 348 g/mol. The van der Waals surface area contributed by atoms with Crippen LogP contribution in [0.5, 0.6) is 0 Å². The van der Waals surface area contributed by atoms with Crippen LogP contribution in [-0.4, -0.2) is 5.78 Å². The molecule has 0 aliphatic heterocycles. The second-order valence-corrected chi connectivity index (χ2v) is 7.85. The molecule has 0 aromatic heterocycles. The third kappa shape index (κ3) is 4.63. The molecule has 0 spiro atoms. The zero-order valence-corrected chi connectivity index (χ0v) is 16.3. The molecule has 0 saturated heterocycles. The Labute approximate surface area is 158 Å². The van der Waals surface area contributed by atoms with Crippen molar-refractivity contribution < 1.29 is 4.79 Å². The second kappa shape index (κ2) is 9.16. The van der Waals surface area contributed by atoms with Crippen LogP contribution in [0.3, 0.4) is 0 Å². The predicted octanol–water partition coefficient (Wildman–Crippen LogP) is 6.95. The number of rotatable bonds is 7. The summed E-state index contributed by atoms with van der Waals surface area (Å²) in [6.07, 6.45) is 9.13. The normalized spacial score (nSPS) is 20.3.